The predicted molar refractivity (Wildman–Crippen MR) is 111 cm³/mol. The van der Waals surface area contributed by atoms with E-state index in [1.807, 2.05) is 0 Å². The highest BCUT2D eigenvalue weighted by Crippen LogP contribution is 2.39. The molecule has 2 fully saturated rings. The summed E-state index contributed by atoms with van der Waals surface area (Å²) in [6.45, 7) is 1.10. The molecule has 0 aromatic heterocycles. The maximum atomic E-state index is 14.3. The minimum absolute atomic E-state index is 0.0489. The zero-order valence-corrected chi connectivity index (χ0v) is 17.7. The van der Waals surface area contributed by atoms with Crippen molar-refractivity contribution in [3.05, 3.63) is 53.6 Å². The van der Waals surface area contributed by atoms with Gasteiger partial charge in [-0.15, -0.1) is 0 Å². The quantitative estimate of drug-likeness (QED) is 0.623. The van der Waals surface area contributed by atoms with Crippen molar-refractivity contribution in [3.8, 4) is 16.9 Å². The van der Waals surface area contributed by atoms with Gasteiger partial charge in [0.2, 0.25) is 5.92 Å². The van der Waals surface area contributed by atoms with Gasteiger partial charge in [-0.05, 0) is 42.7 Å². The van der Waals surface area contributed by atoms with Gasteiger partial charge in [-0.25, -0.2) is 17.6 Å². The van der Waals surface area contributed by atoms with E-state index in [0.717, 1.165) is 6.07 Å². The predicted octanol–water partition coefficient (Wildman–Crippen LogP) is 4.73. The Morgan fingerprint density at radius 1 is 1.00 bits per heavy atom. The Morgan fingerprint density at radius 2 is 1.72 bits per heavy atom. The van der Waals surface area contributed by atoms with E-state index in [2.05, 4.69) is 4.90 Å². The number of hydrogen-bond acceptors (Lipinski definition) is 3. The second-order valence-electron chi connectivity index (χ2n) is 9.02. The van der Waals surface area contributed by atoms with E-state index in [4.69, 9.17) is 4.74 Å². The molecule has 4 nitrogen and oxygen atoms in total. The lowest BCUT2D eigenvalue weighted by atomic mass is 9.91. The minimum atomic E-state index is -2.59. The van der Waals surface area contributed by atoms with Crippen LogP contribution in [0.4, 0.5) is 17.6 Å². The van der Waals surface area contributed by atoms with Gasteiger partial charge in [0.25, 0.3) is 5.91 Å². The molecule has 0 unspecified atom stereocenters. The molecule has 2 heterocycles. The van der Waals surface area contributed by atoms with Crippen LogP contribution in [0.1, 0.15) is 36.0 Å². The van der Waals surface area contributed by atoms with Crippen LogP contribution in [-0.2, 0) is 0 Å². The average molecular weight is 448 g/mol. The van der Waals surface area contributed by atoms with Crippen molar-refractivity contribution in [2.75, 3.05) is 20.1 Å². The molecule has 0 N–H and O–H groups in total. The molecule has 3 aliphatic rings. The van der Waals surface area contributed by atoms with Gasteiger partial charge in [0.05, 0.1) is 11.6 Å². The maximum Gasteiger partial charge on any atom is 0.257 e. The van der Waals surface area contributed by atoms with Gasteiger partial charge in [-0.3, -0.25) is 9.69 Å². The third-order valence-corrected chi connectivity index (χ3v) is 7.02. The lowest BCUT2D eigenvalue weighted by Gasteiger charge is -2.34. The number of nitrogens with zero attached hydrogens (tertiary/aromatic N) is 2. The summed E-state index contributed by atoms with van der Waals surface area (Å²) in [5, 5.41) is 0. The fourth-order valence-electron chi connectivity index (χ4n) is 5.15. The number of hydrogen-bond donors (Lipinski definition) is 0. The number of fused-ring (bicyclic) bond motifs is 2. The molecule has 2 aromatic carbocycles. The van der Waals surface area contributed by atoms with Crippen molar-refractivity contribution < 1.29 is 27.1 Å². The number of halogens is 4. The Labute approximate surface area is 183 Å². The topological polar surface area (TPSA) is 32.8 Å². The first-order valence-corrected chi connectivity index (χ1v) is 10.9. The van der Waals surface area contributed by atoms with Crippen LogP contribution in [0, 0.1) is 11.6 Å². The fraction of sp³-hybridized carbons (Fsp3) is 0.458. The van der Waals surface area contributed by atoms with E-state index >= 15 is 0 Å². The minimum Gasteiger partial charge on any atom is -0.486 e. The van der Waals surface area contributed by atoms with Gasteiger partial charge in [-0.1, -0.05) is 6.07 Å². The van der Waals surface area contributed by atoms with Gasteiger partial charge in [0, 0.05) is 50.7 Å². The first kappa shape index (κ1) is 21.2. The lowest BCUT2D eigenvalue weighted by molar-refractivity contribution is -0.0523. The number of carbonyl (C=O) groups excluding carboxylic acids is 1. The van der Waals surface area contributed by atoms with Crippen molar-refractivity contribution in [1.29, 1.82) is 0 Å². The SMILES string of the molecule is CN1C(=O)c2ccc(-c3ccc(F)cc3F)cc2O[C@H]2CN(C3CCC(F)(F)CC3)C[C@H]21. The van der Waals surface area contributed by atoms with Gasteiger partial charge in [-0.2, -0.15) is 0 Å². The average Bonchev–Trinajstić information content (AvgIpc) is 3.12. The Hall–Kier alpha value is -2.61. The Morgan fingerprint density at radius 3 is 2.44 bits per heavy atom. The van der Waals surface area contributed by atoms with Crippen LogP contribution < -0.4 is 4.74 Å². The molecule has 0 spiro atoms. The van der Waals surface area contributed by atoms with E-state index in [1.54, 1.807) is 30.1 Å². The molecule has 1 saturated carbocycles. The summed E-state index contributed by atoms with van der Waals surface area (Å²) in [4.78, 5) is 16.9. The third kappa shape index (κ3) is 3.74. The van der Waals surface area contributed by atoms with Crippen LogP contribution in [0.15, 0.2) is 36.4 Å². The summed E-state index contributed by atoms with van der Waals surface area (Å²) < 4.78 is 61.0. The molecule has 2 aromatic rings. The van der Waals surface area contributed by atoms with E-state index in [9.17, 15) is 22.4 Å². The molecular weight excluding hydrogens is 424 g/mol. The van der Waals surface area contributed by atoms with Crippen molar-refractivity contribution in [1.82, 2.24) is 9.80 Å². The van der Waals surface area contributed by atoms with Crippen molar-refractivity contribution in [3.63, 3.8) is 0 Å². The van der Waals surface area contributed by atoms with E-state index in [-0.39, 0.29) is 42.5 Å². The number of carbonyl (C=O) groups is 1. The number of likely N-dealkylation sites (tertiary alicyclic amines) is 1. The summed E-state index contributed by atoms with van der Waals surface area (Å²) in [5.41, 5.74) is 1.09. The molecule has 0 radical (unpaired) electrons. The number of benzene rings is 2. The first-order valence-electron chi connectivity index (χ1n) is 10.9. The van der Waals surface area contributed by atoms with Crippen LogP contribution in [0.5, 0.6) is 5.75 Å². The van der Waals surface area contributed by atoms with Gasteiger partial charge in [0.15, 0.2) is 0 Å². The summed E-state index contributed by atoms with van der Waals surface area (Å²) in [6.07, 6.45) is 0.299. The van der Waals surface area contributed by atoms with Crippen LogP contribution in [0.2, 0.25) is 0 Å². The zero-order chi connectivity index (χ0) is 22.6. The number of rotatable bonds is 2. The molecule has 2 atom stereocenters. The largest absolute Gasteiger partial charge is 0.486 e. The molecule has 1 amide bonds. The second-order valence-corrected chi connectivity index (χ2v) is 9.02. The number of alkyl halides is 2. The van der Waals surface area contributed by atoms with Crippen LogP contribution >= 0.6 is 0 Å². The highest BCUT2D eigenvalue weighted by atomic mass is 19.3. The molecule has 170 valence electrons. The van der Waals surface area contributed by atoms with Crippen molar-refractivity contribution in [2.24, 2.45) is 0 Å². The molecular formula is C24H24F4N2O2. The van der Waals surface area contributed by atoms with E-state index < -0.39 is 17.6 Å². The number of amides is 1. The molecule has 1 saturated heterocycles. The monoisotopic (exact) mass is 448 g/mol. The second kappa shape index (κ2) is 7.76. The standard InChI is InChI=1S/C24H24F4N2O2/c1-29-20-12-30(16-6-8-24(27,28)9-7-16)13-22(20)32-21-10-14(2-4-18(21)23(29)31)17-5-3-15(25)11-19(17)26/h2-5,10-11,16,20,22H,6-9,12-13H2,1H3/t20-,22+/m1/s1. The Bertz CT molecular complexity index is 1050. The summed E-state index contributed by atoms with van der Waals surface area (Å²) in [6, 6.07) is 8.05. The maximum absolute atomic E-state index is 14.3. The molecule has 5 rings (SSSR count). The lowest BCUT2D eigenvalue weighted by Crippen LogP contribution is -2.44. The van der Waals surface area contributed by atoms with Crippen LogP contribution in [0.3, 0.4) is 0 Å². The molecule has 1 aliphatic carbocycles. The van der Waals surface area contributed by atoms with E-state index in [0.29, 0.717) is 42.8 Å². The van der Waals surface area contributed by atoms with E-state index in [1.165, 1.54) is 12.1 Å². The normalized spacial score (nSPS) is 25.8. The van der Waals surface area contributed by atoms with Gasteiger partial charge >= 0.3 is 0 Å². The molecule has 0 bridgehead atoms. The Kier molecular flexibility index (Phi) is 5.15. The number of likely N-dealkylation sites (N-methyl/N-ethyl adjacent to an activating group) is 1. The summed E-state index contributed by atoms with van der Waals surface area (Å²) >= 11 is 0. The van der Waals surface area contributed by atoms with Crippen LogP contribution in [-0.4, -0.2) is 60.0 Å². The smallest absolute Gasteiger partial charge is 0.257 e. The Balaban J connectivity index is 1.41. The molecule has 2 aliphatic heterocycles. The van der Waals surface area contributed by atoms with Crippen molar-refractivity contribution >= 4 is 5.91 Å². The van der Waals surface area contributed by atoms with Gasteiger partial charge in [0.1, 0.15) is 23.5 Å². The molecule has 32 heavy (non-hydrogen) atoms. The van der Waals surface area contributed by atoms with Crippen LogP contribution in [0.25, 0.3) is 11.1 Å². The summed E-state index contributed by atoms with van der Waals surface area (Å²) in [7, 11) is 1.73. The number of ether oxygens (including phenoxy) is 1. The zero-order valence-electron chi connectivity index (χ0n) is 17.7. The van der Waals surface area contributed by atoms with Gasteiger partial charge < -0.3 is 9.64 Å². The van der Waals surface area contributed by atoms with Crippen molar-refractivity contribution in [2.45, 2.75) is 49.8 Å². The first-order chi connectivity index (χ1) is 15.2. The third-order valence-electron chi connectivity index (χ3n) is 7.02. The summed E-state index contributed by atoms with van der Waals surface area (Å²) in [5.74, 6) is -3.79. The fourth-order valence-corrected chi connectivity index (χ4v) is 5.15. The highest BCUT2D eigenvalue weighted by Gasteiger charge is 2.46. The molecule has 8 heteroatoms. The highest BCUT2D eigenvalue weighted by molar-refractivity contribution is 5.98.